The standard InChI is InChI=1S/C14H18N2O4.C10H18O.2C8H8O3/c1-8-10(15(17)18)6-9-11(12(8)16(19)20)14(4,5)7-13(9,2)3;1-9(2)8-4-6-10(3,11-9)7-5-8;1-11-8-4-6(5-9)2-3-7(8)10;1-11-8(10)6-4-2-3-5-7(6)9/h6H,7H2,1-5H3;8H,4-7H2,1-3H3;2-5,10H,1H3;2-5,9H,1H3. The molecule has 53 heavy (non-hydrogen) atoms. The number of fused-ring (bicyclic) bond motifs is 4. The Morgan fingerprint density at radius 1 is 0.887 bits per heavy atom. The minimum absolute atomic E-state index is 0.0399. The molecule has 0 unspecified atom stereocenters. The number of nitrogens with zero attached hydrogens (tertiary/aromatic N) is 2. The molecule has 288 valence electrons. The van der Waals surface area contributed by atoms with Gasteiger partial charge in [-0.2, -0.15) is 0 Å². The van der Waals surface area contributed by atoms with Gasteiger partial charge < -0.3 is 24.4 Å². The zero-order valence-corrected chi connectivity index (χ0v) is 32.3. The molecule has 0 atom stereocenters. The molecule has 3 aromatic carbocycles. The van der Waals surface area contributed by atoms with Crippen molar-refractivity contribution in [3.05, 3.63) is 96.6 Å². The number of phenols is 2. The molecule has 2 aliphatic carbocycles. The number of methoxy groups -OCH3 is 2. The summed E-state index contributed by atoms with van der Waals surface area (Å²) in [6.07, 6.45) is 6.74. The molecule has 0 spiro atoms. The van der Waals surface area contributed by atoms with Crippen LogP contribution in [0, 0.1) is 33.1 Å². The van der Waals surface area contributed by atoms with Gasteiger partial charge in [0.1, 0.15) is 23.2 Å². The fourth-order valence-electron chi connectivity index (χ4n) is 7.95. The summed E-state index contributed by atoms with van der Waals surface area (Å²) >= 11 is 0. The van der Waals surface area contributed by atoms with Crippen molar-refractivity contribution in [3.8, 4) is 17.2 Å². The first-order valence-electron chi connectivity index (χ1n) is 17.4. The highest BCUT2D eigenvalue weighted by Gasteiger charge is 2.49. The number of nitro groups is 2. The number of hydrogen-bond donors (Lipinski definition) is 2. The van der Waals surface area contributed by atoms with Crippen LogP contribution in [0.4, 0.5) is 11.4 Å². The van der Waals surface area contributed by atoms with Gasteiger partial charge in [-0.05, 0) is 112 Å². The van der Waals surface area contributed by atoms with E-state index in [2.05, 4.69) is 25.5 Å². The molecule has 7 rings (SSSR count). The fourth-order valence-corrected chi connectivity index (χ4v) is 7.95. The topological polar surface area (TPSA) is 189 Å². The van der Waals surface area contributed by atoms with E-state index in [1.165, 1.54) is 83.2 Å². The highest BCUT2D eigenvalue weighted by atomic mass is 16.6. The molecule has 2 bridgehead atoms. The number of aromatic hydroxyl groups is 2. The van der Waals surface area contributed by atoms with Gasteiger partial charge in [-0.25, -0.2) is 4.79 Å². The second-order valence-electron chi connectivity index (χ2n) is 15.7. The summed E-state index contributed by atoms with van der Waals surface area (Å²) in [6.45, 7) is 16.1. The Hall–Kier alpha value is -5.04. The van der Waals surface area contributed by atoms with Crippen LogP contribution in [-0.2, 0) is 20.3 Å². The van der Waals surface area contributed by atoms with E-state index in [0.717, 1.165) is 17.9 Å². The molecular weight excluding hydrogens is 684 g/mol. The van der Waals surface area contributed by atoms with E-state index in [-0.39, 0.29) is 56.0 Å². The maximum Gasteiger partial charge on any atom is 0.341 e. The van der Waals surface area contributed by atoms with Crippen molar-refractivity contribution in [2.24, 2.45) is 5.92 Å². The third-order valence-corrected chi connectivity index (χ3v) is 10.4. The number of benzene rings is 3. The third-order valence-electron chi connectivity index (χ3n) is 10.4. The van der Waals surface area contributed by atoms with Crippen LogP contribution in [0.3, 0.4) is 0 Å². The van der Waals surface area contributed by atoms with E-state index in [1.807, 2.05) is 27.7 Å². The lowest BCUT2D eigenvalue weighted by Crippen LogP contribution is -2.53. The molecule has 0 amide bonds. The van der Waals surface area contributed by atoms with E-state index in [9.17, 15) is 29.8 Å². The minimum Gasteiger partial charge on any atom is -0.507 e. The fraction of sp³-hybridized carbons (Fsp3) is 0.500. The molecule has 13 nitrogen and oxygen atoms in total. The smallest absolute Gasteiger partial charge is 0.341 e. The Balaban J connectivity index is 0.000000199. The second-order valence-corrected chi connectivity index (χ2v) is 15.7. The van der Waals surface area contributed by atoms with E-state index >= 15 is 0 Å². The molecule has 2 saturated heterocycles. The van der Waals surface area contributed by atoms with Gasteiger partial charge in [-0.3, -0.25) is 25.0 Å². The van der Waals surface area contributed by atoms with E-state index in [4.69, 9.17) is 19.7 Å². The van der Waals surface area contributed by atoms with E-state index in [0.29, 0.717) is 23.2 Å². The zero-order valence-electron chi connectivity index (χ0n) is 32.3. The normalized spacial score (nSPS) is 20.8. The Kier molecular flexibility index (Phi) is 13.0. The average molecular weight is 737 g/mol. The van der Waals surface area contributed by atoms with Gasteiger partial charge in [0.2, 0.25) is 0 Å². The van der Waals surface area contributed by atoms with Crippen molar-refractivity contribution in [1.29, 1.82) is 0 Å². The number of aldehydes is 1. The molecule has 4 aliphatic rings. The predicted molar refractivity (Wildman–Crippen MR) is 200 cm³/mol. The maximum atomic E-state index is 11.4. The van der Waals surface area contributed by atoms with Crippen molar-refractivity contribution in [1.82, 2.24) is 0 Å². The molecule has 2 N–H and O–H groups in total. The van der Waals surface area contributed by atoms with Crippen LogP contribution in [-0.4, -0.2) is 57.7 Å². The van der Waals surface area contributed by atoms with Crippen molar-refractivity contribution in [2.75, 3.05) is 14.2 Å². The van der Waals surface area contributed by atoms with Gasteiger partial charge in [0, 0.05) is 17.2 Å². The van der Waals surface area contributed by atoms with Crippen LogP contribution in [0.5, 0.6) is 17.2 Å². The summed E-state index contributed by atoms with van der Waals surface area (Å²) in [5.74, 6) is 0.597. The lowest BCUT2D eigenvalue weighted by atomic mass is 9.69. The first kappa shape index (κ1) is 42.4. The number of hydrogen-bond acceptors (Lipinski definition) is 11. The van der Waals surface area contributed by atoms with Crippen LogP contribution in [0.25, 0.3) is 0 Å². The van der Waals surface area contributed by atoms with Crippen molar-refractivity contribution < 1.29 is 43.9 Å². The Morgan fingerprint density at radius 3 is 1.94 bits per heavy atom. The summed E-state index contributed by atoms with van der Waals surface area (Å²) in [4.78, 5) is 42.7. The highest BCUT2D eigenvalue weighted by Crippen LogP contribution is 2.55. The van der Waals surface area contributed by atoms with Gasteiger partial charge in [0.15, 0.2) is 11.5 Å². The summed E-state index contributed by atoms with van der Waals surface area (Å²) in [5, 5.41) is 40.8. The lowest BCUT2D eigenvalue weighted by Gasteiger charge is -2.54. The SMILES string of the molecule is CC12CCC(CC1)C(C)(C)O2.COC(=O)c1ccccc1O.COc1cc(C=O)ccc1O.Cc1c([N+](=O)[O-])cc2c(c1[N+](=O)[O-])C(C)(C)CC2(C)C. The Bertz CT molecular complexity index is 1840. The van der Waals surface area contributed by atoms with Crippen LogP contribution < -0.4 is 4.74 Å². The maximum absolute atomic E-state index is 11.4. The molecule has 2 heterocycles. The van der Waals surface area contributed by atoms with Crippen LogP contribution in [0.2, 0.25) is 0 Å². The van der Waals surface area contributed by atoms with Crippen LogP contribution in [0.15, 0.2) is 48.5 Å². The van der Waals surface area contributed by atoms with Crippen LogP contribution >= 0.6 is 0 Å². The molecule has 0 aromatic heterocycles. The first-order valence-corrected chi connectivity index (χ1v) is 17.4. The van der Waals surface area contributed by atoms with Gasteiger partial charge in [-0.15, -0.1) is 0 Å². The molecule has 1 saturated carbocycles. The summed E-state index contributed by atoms with van der Waals surface area (Å²) in [5.41, 5.74) is 1.65. The number of ether oxygens (including phenoxy) is 3. The number of para-hydroxylation sites is 1. The molecule has 0 radical (unpaired) electrons. The second kappa shape index (κ2) is 16.3. The number of esters is 1. The average Bonchev–Trinajstić information content (AvgIpc) is 3.26. The Labute approximate surface area is 310 Å². The first-order chi connectivity index (χ1) is 24.5. The number of phenolic OH excluding ortho intramolecular Hbond substituents is 2. The number of carbonyl (C=O) groups is 2. The van der Waals surface area contributed by atoms with Gasteiger partial charge in [-0.1, -0.05) is 39.8 Å². The summed E-state index contributed by atoms with van der Waals surface area (Å²) in [6, 6.07) is 12.2. The minimum atomic E-state index is -0.538. The number of nitro benzene ring substituents is 2. The summed E-state index contributed by atoms with van der Waals surface area (Å²) in [7, 11) is 2.71. The van der Waals surface area contributed by atoms with Gasteiger partial charge in [0.05, 0.1) is 35.3 Å². The van der Waals surface area contributed by atoms with Gasteiger partial charge in [0.25, 0.3) is 11.4 Å². The largest absolute Gasteiger partial charge is 0.507 e. The third kappa shape index (κ3) is 9.69. The summed E-state index contributed by atoms with van der Waals surface area (Å²) < 4.78 is 15.3. The molecule has 3 aromatic rings. The van der Waals surface area contributed by atoms with Crippen molar-refractivity contribution >= 4 is 23.6 Å². The number of carbonyl (C=O) groups excluding carboxylic acids is 2. The molecule has 2 aliphatic heterocycles. The monoisotopic (exact) mass is 736 g/mol. The predicted octanol–water partition coefficient (Wildman–Crippen LogP) is 8.91. The van der Waals surface area contributed by atoms with Crippen LogP contribution in [0.1, 0.15) is 118 Å². The van der Waals surface area contributed by atoms with Crippen molar-refractivity contribution in [3.63, 3.8) is 0 Å². The van der Waals surface area contributed by atoms with Crippen molar-refractivity contribution in [2.45, 2.75) is 110 Å². The van der Waals surface area contributed by atoms with Gasteiger partial charge >= 0.3 is 5.97 Å². The molecule has 3 fully saturated rings. The number of rotatable bonds is 5. The molecular formula is C40H52N2O11. The molecule has 13 heteroatoms. The van der Waals surface area contributed by atoms with E-state index in [1.54, 1.807) is 12.1 Å². The highest BCUT2D eigenvalue weighted by molar-refractivity contribution is 5.92. The quantitative estimate of drug-likeness (QED) is 0.110. The van der Waals surface area contributed by atoms with E-state index < -0.39 is 15.8 Å². The zero-order chi connectivity index (χ0) is 40.1. The lowest BCUT2D eigenvalue weighted by molar-refractivity contribution is -0.395. The Morgan fingerprint density at radius 2 is 1.49 bits per heavy atom.